The monoisotopic (exact) mass is 489 g/mol. The van der Waals surface area contributed by atoms with Gasteiger partial charge < -0.3 is 29.7 Å². The average Bonchev–Trinajstić information content (AvgIpc) is 2.92. The van der Waals surface area contributed by atoms with Crippen molar-refractivity contribution in [2.75, 3.05) is 33.2 Å². The van der Waals surface area contributed by atoms with Crippen LogP contribution >= 0.6 is 0 Å². The minimum absolute atomic E-state index is 0.292. The molecule has 0 aliphatic carbocycles. The fraction of sp³-hybridized carbons (Fsp3) is 0.286. The van der Waals surface area contributed by atoms with Crippen molar-refractivity contribution in [1.82, 2.24) is 10.2 Å². The number of benzene rings is 3. The maximum absolute atomic E-state index is 13.5. The highest BCUT2D eigenvalue weighted by Crippen LogP contribution is 2.41. The number of ether oxygens (including phenoxy) is 3. The largest absolute Gasteiger partial charge is 0.497 e. The highest BCUT2D eigenvalue weighted by Gasteiger charge is 2.34. The normalized spacial score (nSPS) is 15.3. The number of fused-ring (bicyclic) bond motifs is 1. The molecule has 36 heavy (non-hydrogen) atoms. The molecule has 0 saturated heterocycles. The highest BCUT2D eigenvalue weighted by molar-refractivity contribution is 5.96. The van der Waals surface area contributed by atoms with Crippen LogP contribution in [0.4, 0.5) is 10.5 Å². The first-order valence-corrected chi connectivity index (χ1v) is 11.8. The Morgan fingerprint density at radius 2 is 1.58 bits per heavy atom. The Balaban J connectivity index is 1.63. The van der Waals surface area contributed by atoms with Crippen molar-refractivity contribution in [3.8, 4) is 17.2 Å². The maximum Gasteiger partial charge on any atom is 0.318 e. The predicted octanol–water partition coefficient (Wildman–Crippen LogP) is 4.40. The van der Waals surface area contributed by atoms with E-state index in [2.05, 4.69) is 10.6 Å². The summed E-state index contributed by atoms with van der Waals surface area (Å²) in [6, 6.07) is 19.2. The number of carbonyl (C=O) groups excluding carboxylic acids is 2. The van der Waals surface area contributed by atoms with Crippen LogP contribution in [0.25, 0.3) is 0 Å². The van der Waals surface area contributed by atoms with Gasteiger partial charge in [-0.2, -0.15) is 0 Å². The predicted molar refractivity (Wildman–Crippen MR) is 138 cm³/mol. The van der Waals surface area contributed by atoms with Crippen LogP contribution in [0.2, 0.25) is 0 Å². The van der Waals surface area contributed by atoms with Crippen molar-refractivity contribution in [1.29, 1.82) is 0 Å². The number of hydrogen-bond acceptors (Lipinski definition) is 5. The van der Waals surface area contributed by atoms with E-state index in [1.165, 1.54) is 0 Å². The molecular weight excluding hydrogens is 458 g/mol. The van der Waals surface area contributed by atoms with Crippen LogP contribution in [0.1, 0.15) is 29.7 Å². The summed E-state index contributed by atoms with van der Waals surface area (Å²) in [5.74, 6) is 1.67. The fourth-order valence-electron chi connectivity index (χ4n) is 4.42. The van der Waals surface area contributed by atoms with Crippen LogP contribution < -0.4 is 24.8 Å². The van der Waals surface area contributed by atoms with Gasteiger partial charge in [0.2, 0.25) is 5.91 Å². The molecule has 0 aromatic heterocycles. The number of nitrogens with zero attached hydrogens (tertiary/aromatic N) is 1. The van der Waals surface area contributed by atoms with Crippen molar-refractivity contribution >= 4 is 17.6 Å². The molecule has 8 nitrogen and oxygen atoms in total. The number of hydrogen-bond donors (Lipinski definition) is 2. The molecule has 3 amide bonds. The number of urea groups is 1. The summed E-state index contributed by atoms with van der Waals surface area (Å²) in [7, 11) is 4.81. The molecule has 1 aliphatic rings. The quantitative estimate of drug-likeness (QED) is 0.514. The van der Waals surface area contributed by atoms with E-state index in [1.807, 2.05) is 54.6 Å². The number of amides is 3. The summed E-state index contributed by atoms with van der Waals surface area (Å²) in [6.07, 6.45) is 0.639. The highest BCUT2D eigenvalue weighted by atomic mass is 16.5. The molecule has 0 saturated carbocycles. The number of rotatable bonds is 7. The van der Waals surface area contributed by atoms with E-state index in [1.54, 1.807) is 45.3 Å². The van der Waals surface area contributed by atoms with Gasteiger partial charge in [-0.05, 0) is 66.4 Å². The van der Waals surface area contributed by atoms with Gasteiger partial charge in [0.25, 0.3) is 0 Å². The van der Waals surface area contributed by atoms with E-state index in [9.17, 15) is 9.59 Å². The van der Waals surface area contributed by atoms with Crippen LogP contribution in [0, 0.1) is 0 Å². The van der Waals surface area contributed by atoms with Gasteiger partial charge in [0.15, 0.2) is 11.5 Å². The third kappa shape index (κ3) is 5.22. The van der Waals surface area contributed by atoms with Crippen LogP contribution in [0.3, 0.4) is 0 Å². The van der Waals surface area contributed by atoms with Gasteiger partial charge in [-0.1, -0.05) is 30.3 Å². The Morgan fingerprint density at radius 3 is 2.22 bits per heavy atom. The number of methoxy groups -OCH3 is 3. The molecule has 0 radical (unpaired) electrons. The van der Waals surface area contributed by atoms with E-state index in [4.69, 9.17) is 14.2 Å². The topological polar surface area (TPSA) is 89.1 Å². The molecule has 4 rings (SSSR count). The number of anilines is 1. The summed E-state index contributed by atoms with van der Waals surface area (Å²) >= 11 is 0. The molecule has 0 unspecified atom stereocenters. The zero-order valence-corrected chi connectivity index (χ0v) is 20.9. The van der Waals surface area contributed by atoms with E-state index >= 15 is 0 Å². The third-order valence-corrected chi connectivity index (χ3v) is 6.34. The summed E-state index contributed by atoms with van der Waals surface area (Å²) in [5.41, 5.74) is 3.61. The zero-order valence-electron chi connectivity index (χ0n) is 20.9. The lowest BCUT2D eigenvalue weighted by atomic mass is 9.87. The third-order valence-electron chi connectivity index (χ3n) is 6.34. The minimum Gasteiger partial charge on any atom is -0.497 e. The smallest absolute Gasteiger partial charge is 0.318 e. The van der Waals surface area contributed by atoms with E-state index < -0.39 is 6.04 Å². The second-order valence-electron chi connectivity index (χ2n) is 8.55. The molecule has 188 valence electrons. The summed E-state index contributed by atoms with van der Waals surface area (Å²) < 4.78 is 16.4. The molecule has 3 aromatic rings. The maximum atomic E-state index is 13.5. The Morgan fingerprint density at radius 1 is 0.917 bits per heavy atom. The van der Waals surface area contributed by atoms with Crippen LogP contribution in [-0.2, 0) is 11.2 Å². The van der Waals surface area contributed by atoms with Crippen molar-refractivity contribution in [2.24, 2.45) is 0 Å². The lowest BCUT2D eigenvalue weighted by Crippen LogP contribution is -2.51. The molecule has 2 atom stereocenters. The van der Waals surface area contributed by atoms with Gasteiger partial charge in [0.1, 0.15) is 11.8 Å². The first-order valence-electron chi connectivity index (χ1n) is 11.8. The Bertz CT molecular complexity index is 1210. The second-order valence-corrected chi connectivity index (χ2v) is 8.55. The van der Waals surface area contributed by atoms with Gasteiger partial charge >= 0.3 is 6.03 Å². The number of nitrogens with one attached hydrogen (secondary N) is 2. The summed E-state index contributed by atoms with van der Waals surface area (Å²) in [4.78, 5) is 28.0. The van der Waals surface area contributed by atoms with Crippen LogP contribution in [0.15, 0.2) is 66.7 Å². The van der Waals surface area contributed by atoms with Crippen LogP contribution in [0.5, 0.6) is 17.2 Å². The zero-order chi connectivity index (χ0) is 25.7. The summed E-state index contributed by atoms with van der Waals surface area (Å²) in [5, 5.41) is 5.70. The second kappa shape index (κ2) is 11.0. The van der Waals surface area contributed by atoms with Crippen LogP contribution in [-0.4, -0.2) is 50.8 Å². The Kier molecular flexibility index (Phi) is 7.63. The van der Waals surface area contributed by atoms with Crippen molar-refractivity contribution in [2.45, 2.75) is 25.4 Å². The molecule has 0 fully saturated rings. The van der Waals surface area contributed by atoms with Gasteiger partial charge in [0, 0.05) is 12.2 Å². The summed E-state index contributed by atoms with van der Waals surface area (Å²) in [6.45, 7) is 2.14. The lowest BCUT2D eigenvalue weighted by molar-refractivity contribution is -0.117. The van der Waals surface area contributed by atoms with Crippen molar-refractivity contribution in [3.63, 3.8) is 0 Å². The molecule has 0 bridgehead atoms. The SMILES string of the molecule is COc1ccc([C@H]2c3cc(OC)c(OC)cc3CCN2C(=O)N[C@@H](C)C(=O)Nc2ccccc2)cc1. The standard InChI is InChI=1S/C28H31N3O5/c1-18(27(32)30-21-8-6-5-7-9-21)29-28(33)31-15-14-20-16-24(35-3)25(36-4)17-23(20)26(31)19-10-12-22(34-2)13-11-19/h5-13,16-18,26H,14-15H2,1-4H3,(H,29,33)(H,30,32)/t18-,26-/m0/s1. The lowest BCUT2D eigenvalue weighted by Gasteiger charge is -2.38. The first kappa shape index (κ1) is 24.9. The number of para-hydroxylation sites is 1. The molecular formula is C28H31N3O5. The van der Waals surface area contributed by atoms with Gasteiger partial charge in [-0.25, -0.2) is 4.79 Å². The molecule has 1 aliphatic heterocycles. The van der Waals surface area contributed by atoms with E-state index in [0.717, 1.165) is 22.4 Å². The van der Waals surface area contributed by atoms with Gasteiger partial charge in [0.05, 0.1) is 27.4 Å². The molecule has 2 N–H and O–H groups in total. The van der Waals surface area contributed by atoms with Crippen molar-refractivity contribution in [3.05, 3.63) is 83.4 Å². The van der Waals surface area contributed by atoms with Crippen molar-refractivity contribution < 1.29 is 23.8 Å². The van der Waals surface area contributed by atoms with E-state index in [-0.39, 0.29) is 18.0 Å². The molecule has 1 heterocycles. The fourth-order valence-corrected chi connectivity index (χ4v) is 4.42. The van der Waals surface area contributed by atoms with E-state index in [0.29, 0.717) is 30.2 Å². The minimum atomic E-state index is -0.735. The van der Waals surface area contributed by atoms with Gasteiger partial charge in [-0.3, -0.25) is 4.79 Å². The average molecular weight is 490 g/mol. The molecule has 0 spiro atoms. The Labute approximate surface area is 211 Å². The molecule has 8 heteroatoms. The molecule has 3 aromatic carbocycles. The van der Waals surface area contributed by atoms with Gasteiger partial charge in [-0.15, -0.1) is 0 Å². The number of carbonyl (C=O) groups is 2. The Hall–Kier alpha value is -4.20. The first-order chi connectivity index (χ1) is 17.4.